The van der Waals surface area contributed by atoms with Crippen molar-refractivity contribution in [2.75, 3.05) is 31.2 Å². The third-order valence-corrected chi connectivity index (χ3v) is 4.40. The van der Waals surface area contributed by atoms with E-state index < -0.39 is 5.91 Å². The molecule has 0 spiro atoms. The molecule has 4 rings (SSSR count). The van der Waals surface area contributed by atoms with Crippen LogP contribution in [0.2, 0.25) is 0 Å². The Hall–Kier alpha value is -3.26. The summed E-state index contributed by atoms with van der Waals surface area (Å²) >= 11 is 0. The molecule has 3 aromatic rings. The fourth-order valence-corrected chi connectivity index (χ4v) is 3.07. The molecule has 3 heterocycles. The van der Waals surface area contributed by atoms with Gasteiger partial charge in [0.25, 0.3) is 0 Å². The van der Waals surface area contributed by atoms with E-state index in [2.05, 4.69) is 20.0 Å². The topological polar surface area (TPSA) is 99.2 Å². The van der Waals surface area contributed by atoms with Gasteiger partial charge in [0.1, 0.15) is 18.7 Å². The summed E-state index contributed by atoms with van der Waals surface area (Å²) in [6.07, 6.45) is 3.34. The number of benzene rings is 1. The molecular formula is C19H20N6O2. The Morgan fingerprint density at radius 1 is 1.07 bits per heavy atom. The van der Waals surface area contributed by atoms with Crippen molar-refractivity contribution < 1.29 is 9.53 Å². The van der Waals surface area contributed by atoms with E-state index in [1.165, 1.54) is 4.68 Å². The van der Waals surface area contributed by atoms with Gasteiger partial charge in [-0.1, -0.05) is 18.2 Å². The Morgan fingerprint density at radius 3 is 2.63 bits per heavy atom. The molecule has 0 radical (unpaired) electrons. The number of amides is 1. The van der Waals surface area contributed by atoms with Gasteiger partial charge in [-0.15, -0.1) is 0 Å². The van der Waals surface area contributed by atoms with E-state index in [0.29, 0.717) is 13.2 Å². The minimum Gasteiger partial charge on any atom is -0.378 e. The SMILES string of the molecule is NC(=O)Cn1ccc(-c2cccc(-c3cc(N4CCOCC4)ncn3)c2)n1. The van der Waals surface area contributed by atoms with Gasteiger partial charge in [0.2, 0.25) is 5.91 Å². The van der Waals surface area contributed by atoms with Crippen LogP contribution in [0.15, 0.2) is 48.9 Å². The Bertz CT molecular complexity index is 949. The summed E-state index contributed by atoms with van der Waals surface area (Å²) in [6, 6.07) is 11.8. The third kappa shape index (κ3) is 3.95. The summed E-state index contributed by atoms with van der Waals surface area (Å²) in [7, 11) is 0. The van der Waals surface area contributed by atoms with Crippen molar-refractivity contribution in [2.45, 2.75) is 6.54 Å². The average molecular weight is 364 g/mol. The number of hydrogen-bond acceptors (Lipinski definition) is 6. The van der Waals surface area contributed by atoms with Gasteiger partial charge in [-0.25, -0.2) is 9.97 Å². The number of ether oxygens (including phenoxy) is 1. The van der Waals surface area contributed by atoms with Crippen LogP contribution in [-0.4, -0.2) is 52.0 Å². The Kier molecular flexibility index (Phi) is 4.80. The predicted molar refractivity (Wildman–Crippen MR) is 101 cm³/mol. The molecule has 1 aliphatic heterocycles. The van der Waals surface area contributed by atoms with E-state index in [4.69, 9.17) is 10.5 Å². The quantitative estimate of drug-likeness (QED) is 0.733. The van der Waals surface area contributed by atoms with Crippen molar-refractivity contribution in [1.29, 1.82) is 0 Å². The van der Waals surface area contributed by atoms with Crippen molar-refractivity contribution in [2.24, 2.45) is 5.73 Å². The van der Waals surface area contributed by atoms with Gasteiger partial charge in [-0.2, -0.15) is 5.10 Å². The molecule has 27 heavy (non-hydrogen) atoms. The molecule has 1 amide bonds. The molecular weight excluding hydrogens is 344 g/mol. The summed E-state index contributed by atoms with van der Waals surface area (Å²) in [4.78, 5) is 22.1. The van der Waals surface area contributed by atoms with E-state index in [1.807, 2.05) is 36.4 Å². The first-order valence-electron chi connectivity index (χ1n) is 8.76. The molecule has 8 heteroatoms. The van der Waals surface area contributed by atoms with Crippen LogP contribution in [0.4, 0.5) is 5.82 Å². The molecule has 8 nitrogen and oxygen atoms in total. The molecule has 0 unspecified atom stereocenters. The highest BCUT2D eigenvalue weighted by atomic mass is 16.5. The fourth-order valence-electron chi connectivity index (χ4n) is 3.07. The molecule has 0 bridgehead atoms. The monoisotopic (exact) mass is 364 g/mol. The smallest absolute Gasteiger partial charge is 0.239 e. The summed E-state index contributed by atoms with van der Waals surface area (Å²) in [5.74, 6) is 0.481. The number of hydrogen-bond donors (Lipinski definition) is 1. The number of nitrogens with two attached hydrogens (primary N) is 1. The Labute approximate surface area is 156 Å². The van der Waals surface area contributed by atoms with Crippen molar-refractivity contribution in [3.05, 3.63) is 48.9 Å². The normalized spacial score (nSPS) is 14.3. The molecule has 0 aliphatic carbocycles. The van der Waals surface area contributed by atoms with Crippen LogP contribution in [-0.2, 0) is 16.1 Å². The number of carbonyl (C=O) groups is 1. The predicted octanol–water partition coefficient (Wildman–Crippen LogP) is 1.33. The van der Waals surface area contributed by atoms with Crippen LogP contribution in [0.25, 0.3) is 22.5 Å². The largest absolute Gasteiger partial charge is 0.378 e. The number of primary amides is 1. The number of carbonyl (C=O) groups excluding carboxylic acids is 1. The van der Waals surface area contributed by atoms with Gasteiger partial charge in [0, 0.05) is 36.5 Å². The molecule has 1 aliphatic rings. The van der Waals surface area contributed by atoms with Crippen molar-refractivity contribution >= 4 is 11.7 Å². The second-order valence-corrected chi connectivity index (χ2v) is 6.31. The lowest BCUT2D eigenvalue weighted by Crippen LogP contribution is -2.36. The maximum Gasteiger partial charge on any atom is 0.239 e. The van der Waals surface area contributed by atoms with Crippen LogP contribution in [0.5, 0.6) is 0 Å². The molecule has 2 aromatic heterocycles. The molecule has 1 fully saturated rings. The maximum absolute atomic E-state index is 11.1. The molecule has 1 aromatic carbocycles. The molecule has 0 atom stereocenters. The first-order valence-corrected chi connectivity index (χ1v) is 8.76. The van der Waals surface area contributed by atoms with Crippen LogP contribution >= 0.6 is 0 Å². The summed E-state index contributed by atoms with van der Waals surface area (Å²) in [6.45, 7) is 3.14. The van der Waals surface area contributed by atoms with E-state index >= 15 is 0 Å². The summed E-state index contributed by atoms with van der Waals surface area (Å²) in [5.41, 5.74) is 8.78. The van der Waals surface area contributed by atoms with E-state index in [9.17, 15) is 4.79 Å². The maximum atomic E-state index is 11.1. The lowest BCUT2D eigenvalue weighted by Gasteiger charge is -2.27. The standard InChI is InChI=1S/C19H20N6O2/c20-18(26)12-25-5-4-16(23-25)14-2-1-3-15(10-14)17-11-19(22-13-21-17)24-6-8-27-9-7-24/h1-5,10-11,13H,6-9,12H2,(H2,20,26). The highest BCUT2D eigenvalue weighted by molar-refractivity contribution is 5.74. The Balaban J connectivity index is 1.60. The number of anilines is 1. The third-order valence-electron chi connectivity index (χ3n) is 4.40. The minimum absolute atomic E-state index is 0.0640. The van der Waals surface area contributed by atoms with Crippen molar-refractivity contribution in [3.63, 3.8) is 0 Å². The fraction of sp³-hybridized carbons (Fsp3) is 0.263. The second-order valence-electron chi connectivity index (χ2n) is 6.31. The van der Waals surface area contributed by atoms with Gasteiger partial charge >= 0.3 is 0 Å². The van der Waals surface area contributed by atoms with Crippen molar-refractivity contribution in [3.8, 4) is 22.5 Å². The second kappa shape index (κ2) is 7.55. The zero-order chi connectivity index (χ0) is 18.6. The van der Waals surface area contributed by atoms with Gasteiger partial charge in [0.15, 0.2) is 0 Å². The summed E-state index contributed by atoms with van der Waals surface area (Å²) in [5, 5.41) is 4.41. The first-order chi connectivity index (χ1) is 13.2. The molecule has 1 saturated heterocycles. The minimum atomic E-state index is -0.421. The van der Waals surface area contributed by atoms with Crippen LogP contribution in [0, 0.1) is 0 Å². The van der Waals surface area contributed by atoms with Gasteiger partial charge < -0.3 is 15.4 Å². The van der Waals surface area contributed by atoms with E-state index in [0.717, 1.165) is 41.4 Å². The van der Waals surface area contributed by atoms with Gasteiger partial charge in [-0.3, -0.25) is 9.48 Å². The van der Waals surface area contributed by atoms with Gasteiger partial charge in [-0.05, 0) is 12.1 Å². The zero-order valence-electron chi connectivity index (χ0n) is 14.8. The molecule has 2 N–H and O–H groups in total. The highest BCUT2D eigenvalue weighted by Crippen LogP contribution is 2.26. The Morgan fingerprint density at radius 2 is 1.85 bits per heavy atom. The van der Waals surface area contributed by atoms with Crippen LogP contribution in [0.1, 0.15) is 0 Å². The lowest BCUT2D eigenvalue weighted by atomic mass is 10.1. The van der Waals surface area contributed by atoms with Crippen LogP contribution < -0.4 is 10.6 Å². The van der Waals surface area contributed by atoms with E-state index in [-0.39, 0.29) is 6.54 Å². The van der Waals surface area contributed by atoms with E-state index in [1.54, 1.807) is 12.5 Å². The number of aromatic nitrogens is 4. The van der Waals surface area contributed by atoms with Gasteiger partial charge in [0.05, 0.1) is 24.6 Å². The number of morpholine rings is 1. The highest BCUT2D eigenvalue weighted by Gasteiger charge is 2.14. The number of rotatable bonds is 5. The molecule has 138 valence electrons. The number of nitrogens with zero attached hydrogens (tertiary/aromatic N) is 5. The van der Waals surface area contributed by atoms with Crippen molar-refractivity contribution in [1.82, 2.24) is 19.7 Å². The van der Waals surface area contributed by atoms with Crippen LogP contribution in [0.3, 0.4) is 0 Å². The first kappa shape index (κ1) is 17.2. The zero-order valence-corrected chi connectivity index (χ0v) is 14.8. The lowest BCUT2D eigenvalue weighted by molar-refractivity contribution is -0.118. The summed E-state index contributed by atoms with van der Waals surface area (Å²) < 4.78 is 6.94. The average Bonchev–Trinajstić information content (AvgIpc) is 3.17. The molecule has 0 saturated carbocycles.